The van der Waals surface area contributed by atoms with Gasteiger partial charge in [0.1, 0.15) is 35.5 Å². The molecule has 9 nitrogen and oxygen atoms in total. The van der Waals surface area contributed by atoms with Crippen molar-refractivity contribution < 1.29 is 43.1 Å². The van der Waals surface area contributed by atoms with E-state index < -0.39 is 70.3 Å². The topological polar surface area (TPSA) is 130 Å². The van der Waals surface area contributed by atoms with Crippen molar-refractivity contribution in [3.63, 3.8) is 0 Å². The molecule has 3 aromatic rings. The summed E-state index contributed by atoms with van der Waals surface area (Å²) < 4.78 is 54.2. The SMILES string of the molecule is Cc1ccccc1C(S[C@@H]1O[C@H](CO)[C@H](O)[C@H](n2cc(-c3cc(F)c(F)c(F)c3)nn2)[C@H]1O)[C@@]1(O)CCOC(C)(C)C1. The molecule has 42 heavy (non-hydrogen) atoms. The van der Waals surface area contributed by atoms with Gasteiger partial charge in [-0.15, -0.1) is 16.9 Å². The molecule has 0 radical (unpaired) electrons. The molecule has 0 saturated carbocycles. The molecule has 0 amide bonds. The number of ether oxygens (including phenoxy) is 2. The van der Waals surface area contributed by atoms with Gasteiger partial charge in [0.05, 0.1) is 35.9 Å². The van der Waals surface area contributed by atoms with Crippen molar-refractivity contribution in [3.8, 4) is 11.3 Å². The summed E-state index contributed by atoms with van der Waals surface area (Å²) in [6.45, 7) is 5.47. The van der Waals surface area contributed by atoms with E-state index >= 15 is 0 Å². The van der Waals surface area contributed by atoms with Crippen LogP contribution >= 0.6 is 11.8 Å². The first-order valence-electron chi connectivity index (χ1n) is 13.6. The molecule has 13 heteroatoms. The highest BCUT2D eigenvalue weighted by Crippen LogP contribution is 2.51. The first kappa shape index (κ1) is 30.9. The predicted octanol–water partition coefficient (Wildman–Crippen LogP) is 3.45. The zero-order valence-corrected chi connectivity index (χ0v) is 24.1. The molecule has 0 bridgehead atoms. The molecule has 5 rings (SSSR count). The zero-order chi connectivity index (χ0) is 30.4. The van der Waals surface area contributed by atoms with Crippen molar-refractivity contribution in [2.75, 3.05) is 13.2 Å². The molecule has 2 aliphatic rings. The summed E-state index contributed by atoms with van der Waals surface area (Å²) in [5.41, 5.74) is -1.27. The van der Waals surface area contributed by atoms with Gasteiger partial charge in [-0.25, -0.2) is 17.9 Å². The second-order valence-corrected chi connectivity index (χ2v) is 12.8. The molecule has 2 saturated heterocycles. The Morgan fingerprint density at radius 1 is 1.12 bits per heavy atom. The molecule has 1 unspecified atom stereocenters. The maximum atomic E-state index is 13.9. The molecule has 4 N–H and O–H groups in total. The fourth-order valence-corrected chi connectivity index (χ4v) is 7.52. The Balaban J connectivity index is 1.49. The van der Waals surface area contributed by atoms with Gasteiger partial charge in [-0.1, -0.05) is 29.5 Å². The van der Waals surface area contributed by atoms with Gasteiger partial charge >= 0.3 is 0 Å². The van der Waals surface area contributed by atoms with Gasteiger partial charge in [-0.05, 0) is 44.0 Å². The number of aromatic nitrogens is 3. The van der Waals surface area contributed by atoms with E-state index in [1.807, 2.05) is 45.0 Å². The van der Waals surface area contributed by atoms with Gasteiger partial charge in [0.25, 0.3) is 0 Å². The van der Waals surface area contributed by atoms with Gasteiger partial charge in [-0.3, -0.25) is 0 Å². The largest absolute Gasteiger partial charge is 0.394 e. The van der Waals surface area contributed by atoms with Crippen LogP contribution in [0.25, 0.3) is 11.3 Å². The molecule has 2 aliphatic heterocycles. The number of aliphatic hydroxyl groups is 4. The van der Waals surface area contributed by atoms with Crippen molar-refractivity contribution in [3.05, 3.63) is 71.2 Å². The lowest BCUT2D eigenvalue weighted by Crippen LogP contribution is -2.56. The Labute approximate surface area is 245 Å². The number of halogens is 3. The van der Waals surface area contributed by atoms with E-state index in [1.165, 1.54) is 18.0 Å². The molecular formula is C29H34F3N3O6S. The third kappa shape index (κ3) is 5.96. The van der Waals surface area contributed by atoms with Gasteiger partial charge in [-0.2, -0.15) is 0 Å². The van der Waals surface area contributed by atoms with Crippen LogP contribution in [0.3, 0.4) is 0 Å². The monoisotopic (exact) mass is 609 g/mol. The Kier molecular flexibility index (Phi) is 8.74. The lowest BCUT2D eigenvalue weighted by Gasteiger charge is -2.48. The molecular weight excluding hydrogens is 575 g/mol. The number of hydrogen-bond acceptors (Lipinski definition) is 9. The van der Waals surface area contributed by atoms with E-state index in [1.54, 1.807) is 0 Å². The number of hydrogen-bond donors (Lipinski definition) is 4. The van der Waals surface area contributed by atoms with E-state index in [2.05, 4.69) is 10.3 Å². The smallest absolute Gasteiger partial charge is 0.194 e. The maximum absolute atomic E-state index is 13.9. The lowest BCUT2D eigenvalue weighted by atomic mass is 9.79. The summed E-state index contributed by atoms with van der Waals surface area (Å²) in [6.07, 6.45) is -2.10. The number of nitrogens with zero attached hydrogens (tertiary/aromatic N) is 3. The lowest BCUT2D eigenvalue weighted by molar-refractivity contribution is -0.179. The molecule has 7 atom stereocenters. The van der Waals surface area contributed by atoms with Crippen LogP contribution in [-0.2, 0) is 9.47 Å². The van der Waals surface area contributed by atoms with Crippen molar-refractivity contribution >= 4 is 11.8 Å². The Morgan fingerprint density at radius 2 is 1.81 bits per heavy atom. The minimum absolute atomic E-state index is 0.0278. The van der Waals surface area contributed by atoms with Gasteiger partial charge in [0.15, 0.2) is 17.5 Å². The molecule has 3 heterocycles. The van der Waals surface area contributed by atoms with Gasteiger partial charge in [0.2, 0.25) is 0 Å². The van der Waals surface area contributed by atoms with Crippen LogP contribution in [0.15, 0.2) is 42.6 Å². The van der Waals surface area contributed by atoms with Crippen LogP contribution in [0.1, 0.15) is 49.1 Å². The summed E-state index contributed by atoms with van der Waals surface area (Å²) in [5, 5.41) is 52.0. The number of rotatable bonds is 7. The van der Waals surface area contributed by atoms with Crippen molar-refractivity contribution in [2.45, 2.75) is 79.9 Å². The third-order valence-electron chi connectivity index (χ3n) is 7.93. The van der Waals surface area contributed by atoms with E-state index in [4.69, 9.17) is 9.47 Å². The number of benzene rings is 2. The van der Waals surface area contributed by atoms with E-state index in [0.29, 0.717) is 19.4 Å². The van der Waals surface area contributed by atoms with Crippen LogP contribution in [0.4, 0.5) is 13.2 Å². The second kappa shape index (κ2) is 11.9. The zero-order valence-electron chi connectivity index (χ0n) is 23.3. The Morgan fingerprint density at radius 3 is 2.45 bits per heavy atom. The Hall–Kier alpha value is -2.52. The standard InChI is InChI=1S/C29H34F3N3O6S/c1-15-6-4-5-7-17(15)26(29(39)8-9-40-28(2,3)14-29)42-27-25(38)23(24(37)21(13-36)41-27)35-12-20(33-34-35)16-10-18(30)22(32)19(31)11-16/h4-7,10-12,21,23-27,36-39H,8-9,13-14H2,1-3H3/t21-,23+,24+,25-,26?,27+,29-/m1/s1. The van der Waals surface area contributed by atoms with E-state index in [9.17, 15) is 33.6 Å². The molecule has 228 valence electrons. The fourth-order valence-electron chi connectivity index (χ4n) is 5.86. The minimum atomic E-state index is -1.62. The summed E-state index contributed by atoms with van der Waals surface area (Å²) in [4.78, 5) is 0. The maximum Gasteiger partial charge on any atom is 0.194 e. The molecule has 1 aromatic heterocycles. The van der Waals surface area contributed by atoms with Crippen molar-refractivity contribution in [1.29, 1.82) is 0 Å². The fraction of sp³-hybridized carbons (Fsp3) is 0.517. The van der Waals surface area contributed by atoms with Crippen LogP contribution in [0.2, 0.25) is 0 Å². The van der Waals surface area contributed by atoms with E-state index in [0.717, 1.165) is 27.9 Å². The number of aryl methyl sites for hydroxylation is 1. The minimum Gasteiger partial charge on any atom is -0.394 e. The normalized spacial score (nSPS) is 30.3. The highest BCUT2D eigenvalue weighted by molar-refractivity contribution is 8.00. The molecule has 0 aliphatic carbocycles. The summed E-state index contributed by atoms with van der Waals surface area (Å²) in [7, 11) is 0. The average Bonchev–Trinajstić information content (AvgIpc) is 3.41. The van der Waals surface area contributed by atoms with Crippen LogP contribution < -0.4 is 0 Å². The third-order valence-corrected chi connectivity index (χ3v) is 9.56. The first-order valence-corrected chi connectivity index (χ1v) is 14.5. The number of thioether (sulfide) groups is 1. The summed E-state index contributed by atoms with van der Waals surface area (Å²) >= 11 is 1.17. The van der Waals surface area contributed by atoms with Crippen molar-refractivity contribution in [1.82, 2.24) is 15.0 Å². The highest BCUT2D eigenvalue weighted by Gasteiger charge is 2.51. The van der Waals surface area contributed by atoms with Crippen LogP contribution in [0.5, 0.6) is 0 Å². The predicted molar refractivity (Wildman–Crippen MR) is 148 cm³/mol. The summed E-state index contributed by atoms with van der Waals surface area (Å²) in [6, 6.07) is 7.92. The quantitative estimate of drug-likeness (QED) is 0.298. The van der Waals surface area contributed by atoms with Crippen LogP contribution in [0, 0.1) is 24.4 Å². The van der Waals surface area contributed by atoms with E-state index in [-0.39, 0.29) is 11.3 Å². The average molecular weight is 610 g/mol. The first-order chi connectivity index (χ1) is 19.8. The van der Waals surface area contributed by atoms with Gasteiger partial charge < -0.3 is 29.9 Å². The Bertz CT molecular complexity index is 1400. The van der Waals surface area contributed by atoms with Gasteiger partial charge in [0, 0.05) is 18.4 Å². The second-order valence-electron chi connectivity index (χ2n) is 11.5. The highest BCUT2D eigenvalue weighted by atomic mass is 32.2. The van der Waals surface area contributed by atoms with Crippen molar-refractivity contribution in [2.24, 2.45) is 0 Å². The molecule has 2 fully saturated rings. The summed E-state index contributed by atoms with van der Waals surface area (Å²) in [5.74, 6) is -4.43. The number of aliphatic hydroxyl groups excluding tert-OH is 3. The molecule has 0 spiro atoms. The molecule has 2 aromatic carbocycles. The van der Waals surface area contributed by atoms with Crippen LogP contribution in [-0.4, -0.2) is 83.6 Å².